The summed E-state index contributed by atoms with van der Waals surface area (Å²) in [7, 11) is 0. The molecule has 2 aromatic rings. The zero-order chi connectivity index (χ0) is 13.8. The highest BCUT2D eigenvalue weighted by Crippen LogP contribution is 2.34. The van der Waals surface area contributed by atoms with Gasteiger partial charge in [0.25, 0.3) is 0 Å². The lowest BCUT2D eigenvalue weighted by Gasteiger charge is -2.15. The van der Waals surface area contributed by atoms with Crippen LogP contribution in [-0.2, 0) is 0 Å². The summed E-state index contributed by atoms with van der Waals surface area (Å²) in [6, 6.07) is 13.5. The quantitative estimate of drug-likeness (QED) is 0.679. The van der Waals surface area contributed by atoms with Crippen molar-refractivity contribution >= 4 is 53.5 Å². The highest BCUT2D eigenvalue weighted by molar-refractivity contribution is 9.11. The van der Waals surface area contributed by atoms with E-state index < -0.39 is 6.10 Å². The van der Waals surface area contributed by atoms with E-state index in [1.807, 2.05) is 42.5 Å². The molecule has 0 heterocycles. The van der Waals surface area contributed by atoms with Crippen molar-refractivity contribution in [1.82, 2.24) is 0 Å². The summed E-state index contributed by atoms with van der Waals surface area (Å²) in [5.41, 5.74) is 1.83. The van der Waals surface area contributed by atoms with E-state index in [2.05, 4.69) is 53.1 Å². The molecule has 2 aromatic carbocycles. The van der Waals surface area contributed by atoms with Crippen molar-refractivity contribution in [2.45, 2.75) is 6.10 Å². The summed E-state index contributed by atoms with van der Waals surface area (Å²) in [5, 5.41) is 13.4. The van der Waals surface area contributed by atoms with Crippen LogP contribution in [0, 0.1) is 0 Å². The van der Waals surface area contributed by atoms with E-state index in [1.165, 1.54) is 0 Å². The van der Waals surface area contributed by atoms with Gasteiger partial charge in [-0.2, -0.15) is 0 Å². The van der Waals surface area contributed by atoms with Crippen LogP contribution < -0.4 is 5.32 Å². The number of nitrogens with one attached hydrogen (secondary N) is 1. The van der Waals surface area contributed by atoms with E-state index in [1.54, 1.807) is 0 Å². The molecule has 0 aliphatic heterocycles. The summed E-state index contributed by atoms with van der Waals surface area (Å²) in [6.07, 6.45) is -0.538. The second kappa shape index (κ2) is 6.88. The van der Waals surface area contributed by atoms with Crippen LogP contribution in [0.15, 0.2) is 55.9 Å². The lowest BCUT2D eigenvalue weighted by Crippen LogP contribution is -2.12. The molecule has 0 spiro atoms. The van der Waals surface area contributed by atoms with Crippen molar-refractivity contribution in [2.75, 3.05) is 11.9 Å². The second-order valence-corrected chi connectivity index (χ2v) is 6.68. The molecular formula is C14H12Br3NO. The highest BCUT2D eigenvalue weighted by Gasteiger charge is 2.10. The Bertz CT molecular complexity index is 537. The van der Waals surface area contributed by atoms with Crippen molar-refractivity contribution in [1.29, 1.82) is 0 Å². The molecule has 2 nitrogen and oxygen atoms in total. The maximum atomic E-state index is 10.1. The molecule has 1 unspecified atom stereocenters. The lowest BCUT2D eigenvalue weighted by molar-refractivity contribution is 0.191. The van der Waals surface area contributed by atoms with Crippen molar-refractivity contribution in [3.05, 3.63) is 61.4 Å². The van der Waals surface area contributed by atoms with Gasteiger partial charge in [0.05, 0.1) is 11.8 Å². The highest BCUT2D eigenvalue weighted by atomic mass is 79.9. The minimum Gasteiger partial charge on any atom is -0.387 e. The van der Waals surface area contributed by atoms with Crippen molar-refractivity contribution in [2.24, 2.45) is 0 Å². The Balaban J connectivity index is 2.07. The van der Waals surface area contributed by atoms with E-state index >= 15 is 0 Å². The fraction of sp³-hybridized carbons (Fsp3) is 0.143. The average molecular weight is 450 g/mol. The van der Waals surface area contributed by atoms with Crippen LogP contribution in [0.1, 0.15) is 11.7 Å². The van der Waals surface area contributed by atoms with Gasteiger partial charge in [0.2, 0.25) is 0 Å². The Labute approximate surface area is 137 Å². The van der Waals surface area contributed by atoms with Gasteiger partial charge in [-0.1, -0.05) is 46.3 Å². The number of anilines is 1. The number of rotatable bonds is 4. The van der Waals surface area contributed by atoms with Gasteiger partial charge in [0, 0.05) is 20.0 Å². The topological polar surface area (TPSA) is 32.3 Å². The Morgan fingerprint density at radius 1 is 1.00 bits per heavy atom. The number of halogens is 3. The van der Waals surface area contributed by atoms with Crippen molar-refractivity contribution < 1.29 is 5.11 Å². The first kappa shape index (κ1) is 15.0. The van der Waals surface area contributed by atoms with Gasteiger partial charge >= 0.3 is 0 Å². The van der Waals surface area contributed by atoms with Crippen LogP contribution in [0.3, 0.4) is 0 Å². The molecule has 0 saturated carbocycles. The molecule has 0 fully saturated rings. The third kappa shape index (κ3) is 4.05. The minimum atomic E-state index is -0.538. The van der Waals surface area contributed by atoms with Gasteiger partial charge in [0.1, 0.15) is 0 Å². The molecule has 19 heavy (non-hydrogen) atoms. The molecule has 0 amide bonds. The first-order valence-corrected chi connectivity index (χ1v) is 8.07. The number of benzene rings is 2. The molecule has 0 aromatic heterocycles. The standard InChI is InChI=1S/C14H12Br3NO/c15-10-6-11(16)14(12(17)7-10)18-8-13(19)9-4-2-1-3-5-9/h1-7,13,18-19H,8H2. The summed E-state index contributed by atoms with van der Waals surface area (Å²) in [4.78, 5) is 0. The van der Waals surface area contributed by atoms with E-state index in [-0.39, 0.29) is 0 Å². The first-order valence-electron chi connectivity index (χ1n) is 5.69. The van der Waals surface area contributed by atoms with Crippen LogP contribution >= 0.6 is 47.8 Å². The average Bonchev–Trinajstić information content (AvgIpc) is 2.38. The zero-order valence-corrected chi connectivity index (χ0v) is 14.7. The normalized spacial score (nSPS) is 12.2. The van der Waals surface area contributed by atoms with Gasteiger partial charge in [-0.05, 0) is 49.6 Å². The van der Waals surface area contributed by atoms with Gasteiger partial charge in [-0.15, -0.1) is 0 Å². The van der Waals surface area contributed by atoms with Crippen LogP contribution in [0.2, 0.25) is 0 Å². The predicted octanol–water partition coefficient (Wildman–Crippen LogP) is 5.12. The number of hydrogen-bond acceptors (Lipinski definition) is 2. The Kier molecular flexibility index (Phi) is 5.45. The molecule has 2 N–H and O–H groups in total. The summed E-state index contributed by atoms with van der Waals surface area (Å²) in [6.45, 7) is 0.447. The Hall–Kier alpha value is -0.360. The number of aliphatic hydroxyl groups is 1. The molecule has 0 aliphatic rings. The van der Waals surface area contributed by atoms with E-state index in [0.717, 1.165) is 24.7 Å². The van der Waals surface area contributed by atoms with E-state index in [4.69, 9.17) is 0 Å². The summed E-state index contributed by atoms with van der Waals surface area (Å²) < 4.78 is 2.86. The molecular weight excluding hydrogens is 438 g/mol. The molecule has 0 saturated heterocycles. The van der Waals surface area contributed by atoms with E-state index in [9.17, 15) is 5.11 Å². The monoisotopic (exact) mass is 447 g/mol. The van der Waals surface area contributed by atoms with Gasteiger partial charge in [-0.3, -0.25) is 0 Å². The smallest absolute Gasteiger partial charge is 0.0962 e. The fourth-order valence-electron chi connectivity index (χ4n) is 1.70. The fourth-order valence-corrected chi connectivity index (χ4v) is 4.24. The van der Waals surface area contributed by atoms with Crippen molar-refractivity contribution in [3.63, 3.8) is 0 Å². The lowest BCUT2D eigenvalue weighted by atomic mass is 10.1. The number of hydrogen-bond donors (Lipinski definition) is 2. The van der Waals surface area contributed by atoms with E-state index in [0.29, 0.717) is 6.54 Å². The van der Waals surface area contributed by atoms with Crippen LogP contribution in [0.25, 0.3) is 0 Å². The predicted molar refractivity (Wildman–Crippen MR) is 89.4 cm³/mol. The van der Waals surface area contributed by atoms with Gasteiger partial charge in [0.15, 0.2) is 0 Å². The summed E-state index contributed by atoms with van der Waals surface area (Å²) >= 11 is 10.4. The molecule has 0 radical (unpaired) electrons. The Morgan fingerprint density at radius 3 is 2.16 bits per heavy atom. The molecule has 0 aliphatic carbocycles. The largest absolute Gasteiger partial charge is 0.387 e. The van der Waals surface area contributed by atoms with Gasteiger partial charge < -0.3 is 10.4 Å². The van der Waals surface area contributed by atoms with Crippen LogP contribution in [0.5, 0.6) is 0 Å². The maximum Gasteiger partial charge on any atom is 0.0962 e. The second-order valence-electron chi connectivity index (χ2n) is 4.05. The SMILES string of the molecule is OC(CNc1c(Br)cc(Br)cc1Br)c1ccccc1. The minimum absolute atomic E-state index is 0.447. The summed E-state index contributed by atoms with van der Waals surface area (Å²) in [5.74, 6) is 0. The van der Waals surface area contributed by atoms with Gasteiger partial charge in [-0.25, -0.2) is 0 Å². The zero-order valence-electron chi connectivity index (χ0n) is 9.91. The van der Waals surface area contributed by atoms with Crippen LogP contribution in [0.4, 0.5) is 5.69 Å². The molecule has 1 atom stereocenters. The van der Waals surface area contributed by atoms with Crippen molar-refractivity contribution in [3.8, 4) is 0 Å². The molecule has 100 valence electrons. The third-order valence-electron chi connectivity index (χ3n) is 2.66. The number of aliphatic hydroxyl groups excluding tert-OH is 1. The first-order chi connectivity index (χ1) is 9.08. The maximum absolute atomic E-state index is 10.1. The third-order valence-corrected chi connectivity index (χ3v) is 4.37. The molecule has 0 bridgehead atoms. The molecule has 2 rings (SSSR count). The Morgan fingerprint density at radius 2 is 1.58 bits per heavy atom. The van der Waals surface area contributed by atoms with Crippen LogP contribution in [-0.4, -0.2) is 11.7 Å². The molecule has 5 heteroatoms.